The molecule has 0 amide bonds. The fourth-order valence-corrected chi connectivity index (χ4v) is 4.06. The van der Waals surface area contributed by atoms with Crippen LogP contribution in [-0.4, -0.2) is 32.7 Å². The molecule has 0 saturated carbocycles. The fraction of sp³-hybridized carbons (Fsp3) is 0.154. The van der Waals surface area contributed by atoms with E-state index >= 15 is 0 Å². The highest BCUT2D eigenvalue weighted by molar-refractivity contribution is 7.98. The number of methoxy groups -OCH3 is 1. The molecule has 0 aliphatic rings. The van der Waals surface area contributed by atoms with Gasteiger partial charge in [0.25, 0.3) is 0 Å². The predicted molar refractivity (Wildman–Crippen MR) is 88.6 cm³/mol. The molecular weight excluding hydrogens is 374 g/mol. The summed E-state index contributed by atoms with van der Waals surface area (Å²) in [6.45, 7) is 0. The molecule has 3 aromatic heterocycles. The zero-order valence-electron chi connectivity index (χ0n) is 12.1. The largest absolute Gasteiger partial charge is 0.465 e. The van der Waals surface area contributed by atoms with E-state index in [4.69, 9.17) is 16.9 Å². The monoisotopic (exact) mass is 381 g/mol. The van der Waals surface area contributed by atoms with Crippen molar-refractivity contribution in [2.24, 2.45) is 0 Å². The van der Waals surface area contributed by atoms with E-state index in [2.05, 4.69) is 19.8 Å². The molecule has 0 atom stereocenters. The van der Waals surface area contributed by atoms with Gasteiger partial charge in [0.2, 0.25) is 0 Å². The number of thioether (sulfide) groups is 1. The van der Waals surface area contributed by atoms with Crippen LogP contribution in [-0.2, 0) is 10.5 Å². The second kappa shape index (κ2) is 6.64. The number of nitriles is 1. The lowest BCUT2D eigenvalue weighted by Gasteiger charge is -2.01. The van der Waals surface area contributed by atoms with Gasteiger partial charge in [-0.2, -0.15) is 14.9 Å². The number of rotatable bonds is 4. The quantitative estimate of drug-likeness (QED) is 0.543. The molecule has 0 saturated heterocycles. The van der Waals surface area contributed by atoms with E-state index in [0.29, 0.717) is 20.1 Å². The number of hydrogen-bond donors (Lipinski definition) is 1. The van der Waals surface area contributed by atoms with Gasteiger partial charge >= 0.3 is 11.7 Å². The summed E-state index contributed by atoms with van der Waals surface area (Å²) in [6, 6.07) is 3.57. The Kier molecular flexibility index (Phi) is 4.57. The molecule has 122 valence electrons. The van der Waals surface area contributed by atoms with E-state index in [-0.39, 0.29) is 11.2 Å². The molecule has 3 rings (SSSR count). The lowest BCUT2D eigenvalue weighted by molar-refractivity contribution is 0.0606. The molecule has 0 aliphatic carbocycles. The molecule has 3 heterocycles. The first-order valence-corrected chi connectivity index (χ1v) is 8.59. The summed E-state index contributed by atoms with van der Waals surface area (Å²) in [6.07, 6.45) is 1.28. The Morgan fingerprint density at radius 3 is 3.12 bits per heavy atom. The number of carbonyl (C=O) groups is 1. The zero-order chi connectivity index (χ0) is 17.3. The Morgan fingerprint density at radius 2 is 2.42 bits per heavy atom. The fourth-order valence-electron chi connectivity index (χ4n) is 1.87. The summed E-state index contributed by atoms with van der Waals surface area (Å²) >= 11 is 8.46. The zero-order valence-corrected chi connectivity index (χ0v) is 14.5. The van der Waals surface area contributed by atoms with Gasteiger partial charge in [0.15, 0.2) is 10.8 Å². The van der Waals surface area contributed by atoms with Crippen LogP contribution >= 0.6 is 34.7 Å². The summed E-state index contributed by atoms with van der Waals surface area (Å²) in [5.41, 5.74) is 0.638. The minimum absolute atomic E-state index is 0.190. The average Bonchev–Trinajstić information content (AvgIpc) is 3.15. The Hall–Kier alpha value is -2.35. The number of H-pyrrole nitrogens is 1. The van der Waals surface area contributed by atoms with Crippen molar-refractivity contribution in [3.05, 3.63) is 43.1 Å². The molecule has 3 aromatic rings. The van der Waals surface area contributed by atoms with Gasteiger partial charge in [-0.15, -0.1) is 11.3 Å². The molecule has 0 spiro atoms. The first kappa shape index (κ1) is 16.5. The molecule has 0 unspecified atom stereocenters. The van der Waals surface area contributed by atoms with Crippen molar-refractivity contribution in [1.82, 2.24) is 19.6 Å². The van der Waals surface area contributed by atoms with Crippen molar-refractivity contribution < 1.29 is 9.53 Å². The molecule has 11 heteroatoms. The van der Waals surface area contributed by atoms with Crippen LogP contribution in [0.3, 0.4) is 0 Å². The third kappa shape index (κ3) is 3.01. The third-order valence-electron chi connectivity index (χ3n) is 2.99. The Bertz CT molecular complexity index is 1030. The first-order valence-electron chi connectivity index (χ1n) is 6.41. The van der Waals surface area contributed by atoms with Gasteiger partial charge in [-0.1, -0.05) is 23.4 Å². The van der Waals surface area contributed by atoms with Crippen LogP contribution in [0.5, 0.6) is 0 Å². The van der Waals surface area contributed by atoms with Crippen molar-refractivity contribution in [1.29, 1.82) is 5.26 Å². The minimum atomic E-state index is -0.490. The van der Waals surface area contributed by atoms with Crippen LogP contribution in [0.15, 0.2) is 22.2 Å². The van der Waals surface area contributed by atoms with E-state index < -0.39 is 11.7 Å². The number of nitrogens with zero attached hydrogens (tertiary/aromatic N) is 4. The average molecular weight is 382 g/mol. The Balaban J connectivity index is 1.86. The van der Waals surface area contributed by atoms with E-state index in [0.717, 1.165) is 21.4 Å². The lowest BCUT2D eigenvalue weighted by atomic mass is 10.3. The van der Waals surface area contributed by atoms with Crippen molar-refractivity contribution in [3.8, 4) is 6.07 Å². The Morgan fingerprint density at radius 1 is 1.62 bits per heavy atom. The number of carbonyl (C=O) groups excluding carboxylic acids is 1. The maximum Gasteiger partial charge on any atom is 0.350 e. The second-order valence-electron chi connectivity index (χ2n) is 4.44. The number of thiophene rings is 1. The van der Waals surface area contributed by atoms with Gasteiger partial charge in [0.1, 0.15) is 16.5 Å². The molecule has 0 aliphatic heterocycles. The SMILES string of the molecule is COC(=O)c1cc(CSc2nc3c(C#N)cnn3c(=O)[nH]2)c(Cl)s1. The van der Waals surface area contributed by atoms with Gasteiger partial charge in [-0.25, -0.2) is 14.6 Å². The number of halogens is 1. The van der Waals surface area contributed by atoms with E-state index in [1.54, 1.807) is 6.07 Å². The smallest absolute Gasteiger partial charge is 0.350 e. The number of fused-ring (bicyclic) bond motifs is 1. The van der Waals surface area contributed by atoms with E-state index in [1.165, 1.54) is 25.1 Å². The number of esters is 1. The molecule has 24 heavy (non-hydrogen) atoms. The predicted octanol–water partition coefficient (Wildman–Crippen LogP) is 2.08. The maximum absolute atomic E-state index is 11.9. The summed E-state index contributed by atoms with van der Waals surface area (Å²) in [5, 5.41) is 13.1. The van der Waals surface area contributed by atoms with Crippen molar-refractivity contribution in [3.63, 3.8) is 0 Å². The van der Waals surface area contributed by atoms with Gasteiger partial charge in [0.05, 0.1) is 17.6 Å². The van der Waals surface area contributed by atoms with Crippen LogP contribution in [0.1, 0.15) is 20.8 Å². The van der Waals surface area contributed by atoms with Crippen LogP contribution in [0.2, 0.25) is 4.34 Å². The second-order valence-corrected chi connectivity index (χ2v) is 7.06. The standard InChI is InChI=1S/C13H8ClN5O3S2/c1-22-11(20)8-2-6(9(14)24-8)5-23-12-17-10-7(3-15)4-16-19(10)13(21)18-12/h2,4H,5H2,1H3,(H,17,18,21). The van der Waals surface area contributed by atoms with Crippen molar-refractivity contribution in [2.45, 2.75) is 10.9 Å². The van der Waals surface area contributed by atoms with Crippen molar-refractivity contribution in [2.75, 3.05) is 7.11 Å². The first-order chi connectivity index (χ1) is 11.5. The summed E-state index contributed by atoms with van der Waals surface area (Å²) in [4.78, 5) is 30.6. The highest BCUT2D eigenvalue weighted by Crippen LogP contribution is 2.32. The highest BCUT2D eigenvalue weighted by atomic mass is 35.5. The highest BCUT2D eigenvalue weighted by Gasteiger charge is 2.15. The number of nitrogens with one attached hydrogen (secondary N) is 1. The molecule has 0 radical (unpaired) electrons. The van der Waals surface area contributed by atoms with Crippen molar-refractivity contribution >= 4 is 46.3 Å². The molecule has 8 nitrogen and oxygen atoms in total. The van der Waals surface area contributed by atoms with Crippen LogP contribution in [0.25, 0.3) is 5.65 Å². The lowest BCUT2D eigenvalue weighted by Crippen LogP contribution is -2.19. The number of aromatic nitrogens is 4. The maximum atomic E-state index is 11.9. The molecule has 1 N–H and O–H groups in total. The molecular formula is C13H8ClN5O3S2. The van der Waals surface area contributed by atoms with Crippen LogP contribution in [0, 0.1) is 11.3 Å². The number of ether oxygens (including phenoxy) is 1. The van der Waals surface area contributed by atoms with Gasteiger partial charge in [-0.05, 0) is 11.6 Å². The molecule has 0 bridgehead atoms. The van der Waals surface area contributed by atoms with Gasteiger partial charge < -0.3 is 4.74 Å². The summed E-state index contributed by atoms with van der Waals surface area (Å²) in [5.74, 6) is -0.0643. The Labute approximate surface area is 148 Å². The third-order valence-corrected chi connectivity index (χ3v) is 5.33. The van der Waals surface area contributed by atoms with Gasteiger partial charge in [-0.3, -0.25) is 4.98 Å². The van der Waals surface area contributed by atoms with Crippen LogP contribution in [0.4, 0.5) is 0 Å². The molecule has 0 fully saturated rings. The number of hydrogen-bond acceptors (Lipinski definition) is 8. The molecule has 0 aromatic carbocycles. The summed E-state index contributed by atoms with van der Waals surface area (Å²) in [7, 11) is 1.30. The van der Waals surface area contributed by atoms with E-state index in [9.17, 15) is 9.59 Å². The van der Waals surface area contributed by atoms with Gasteiger partial charge in [0, 0.05) is 5.75 Å². The normalized spacial score (nSPS) is 10.7. The van der Waals surface area contributed by atoms with Crippen LogP contribution < -0.4 is 5.69 Å². The topological polar surface area (TPSA) is 113 Å². The number of aromatic amines is 1. The summed E-state index contributed by atoms with van der Waals surface area (Å²) < 4.78 is 6.14. The minimum Gasteiger partial charge on any atom is -0.465 e. The van der Waals surface area contributed by atoms with E-state index in [1.807, 2.05) is 6.07 Å².